The number of likely N-dealkylation sites (tertiary alicyclic amines) is 1. The molecule has 114 valence electrons. The number of carbonyl (C=O) groups excluding carboxylic acids is 1. The van der Waals surface area contributed by atoms with Gasteiger partial charge in [0.25, 0.3) is 0 Å². The van der Waals surface area contributed by atoms with Crippen LogP contribution in [0, 0.1) is 5.41 Å². The van der Waals surface area contributed by atoms with E-state index in [4.69, 9.17) is 5.73 Å². The van der Waals surface area contributed by atoms with Crippen molar-refractivity contribution in [3.8, 4) is 0 Å². The van der Waals surface area contributed by atoms with Gasteiger partial charge in [-0.05, 0) is 5.41 Å². The Kier molecular flexibility index (Phi) is 5.30. The highest BCUT2D eigenvalue weighted by molar-refractivity contribution is 5.85. The Morgan fingerprint density at radius 2 is 1.84 bits per heavy atom. The van der Waals surface area contributed by atoms with Crippen LogP contribution in [0.1, 0.15) is 27.2 Å². The Balaban J connectivity index is 0.00000324. The van der Waals surface area contributed by atoms with Crippen molar-refractivity contribution in [1.82, 2.24) is 4.90 Å². The maximum Gasteiger partial charge on any atom is 0.419 e. The summed E-state index contributed by atoms with van der Waals surface area (Å²) in [5.41, 5.74) is 2.38. The van der Waals surface area contributed by atoms with Crippen molar-refractivity contribution in [3.63, 3.8) is 0 Å². The standard InChI is InChI=1S/C11H19F3N2O2.ClH/c1-9(2,3)7(15)8(17)16-5-4-10(18,6-16)11(12,13)14;/h7,18H,4-6,15H2,1-3H3;1H/t7-,10?;/m1./s1. The summed E-state index contributed by atoms with van der Waals surface area (Å²) in [7, 11) is 0. The number of hydrogen-bond acceptors (Lipinski definition) is 3. The normalized spacial score (nSPS) is 26.0. The number of nitrogens with zero attached hydrogens (tertiary/aromatic N) is 1. The van der Waals surface area contributed by atoms with E-state index >= 15 is 0 Å². The third kappa shape index (κ3) is 3.73. The summed E-state index contributed by atoms with van der Waals surface area (Å²) in [5, 5.41) is 9.47. The topological polar surface area (TPSA) is 66.6 Å². The maximum absolute atomic E-state index is 12.6. The minimum absolute atomic E-state index is 0. The molecule has 1 aliphatic heterocycles. The van der Waals surface area contributed by atoms with Crippen LogP contribution in [0.5, 0.6) is 0 Å². The van der Waals surface area contributed by atoms with Crippen molar-refractivity contribution in [1.29, 1.82) is 0 Å². The molecule has 1 heterocycles. The van der Waals surface area contributed by atoms with Gasteiger partial charge in [-0.3, -0.25) is 4.79 Å². The van der Waals surface area contributed by atoms with Gasteiger partial charge in [-0.15, -0.1) is 12.4 Å². The lowest BCUT2D eigenvalue weighted by Crippen LogP contribution is -2.53. The van der Waals surface area contributed by atoms with E-state index in [0.29, 0.717) is 0 Å². The van der Waals surface area contributed by atoms with Crippen molar-refractivity contribution in [2.75, 3.05) is 13.1 Å². The summed E-state index contributed by atoms with van der Waals surface area (Å²) in [4.78, 5) is 12.9. The van der Waals surface area contributed by atoms with E-state index in [0.717, 1.165) is 4.90 Å². The van der Waals surface area contributed by atoms with E-state index in [-0.39, 0.29) is 19.0 Å². The number of amides is 1. The van der Waals surface area contributed by atoms with Gasteiger partial charge in [0.1, 0.15) is 0 Å². The predicted molar refractivity (Wildman–Crippen MR) is 66.9 cm³/mol. The van der Waals surface area contributed by atoms with Gasteiger partial charge in [0.05, 0.1) is 12.6 Å². The first kappa shape index (κ1) is 18.5. The third-order valence-corrected chi connectivity index (χ3v) is 3.29. The molecular formula is C11H20ClF3N2O2. The first-order chi connectivity index (χ1) is 7.88. The lowest BCUT2D eigenvalue weighted by atomic mass is 9.86. The third-order valence-electron chi connectivity index (χ3n) is 3.29. The van der Waals surface area contributed by atoms with Crippen LogP contribution < -0.4 is 5.73 Å². The lowest BCUT2D eigenvalue weighted by molar-refractivity contribution is -0.253. The first-order valence-corrected chi connectivity index (χ1v) is 5.72. The number of alkyl halides is 3. The highest BCUT2D eigenvalue weighted by Crippen LogP contribution is 2.38. The van der Waals surface area contributed by atoms with Gasteiger partial charge < -0.3 is 15.7 Å². The van der Waals surface area contributed by atoms with Gasteiger partial charge in [0, 0.05) is 13.0 Å². The summed E-state index contributed by atoms with van der Waals surface area (Å²) in [6, 6.07) is -0.881. The fraction of sp³-hybridized carbons (Fsp3) is 0.909. The van der Waals surface area contributed by atoms with E-state index in [1.54, 1.807) is 20.8 Å². The largest absolute Gasteiger partial charge is 0.419 e. The quantitative estimate of drug-likeness (QED) is 0.767. The molecule has 19 heavy (non-hydrogen) atoms. The SMILES string of the molecule is CC(C)(C)[C@H](N)C(=O)N1CCC(O)(C(F)(F)F)C1.Cl. The Morgan fingerprint density at radius 3 is 2.16 bits per heavy atom. The molecule has 1 aliphatic rings. The lowest BCUT2D eigenvalue weighted by Gasteiger charge is -2.31. The second kappa shape index (κ2) is 5.46. The van der Waals surface area contributed by atoms with Crippen molar-refractivity contribution in [2.45, 2.75) is 45.0 Å². The minimum Gasteiger partial charge on any atom is -0.379 e. The van der Waals surface area contributed by atoms with Crippen LogP contribution >= 0.6 is 12.4 Å². The van der Waals surface area contributed by atoms with Crippen LogP contribution in [-0.2, 0) is 4.79 Å². The zero-order valence-corrected chi connectivity index (χ0v) is 11.9. The Morgan fingerprint density at radius 1 is 1.37 bits per heavy atom. The van der Waals surface area contributed by atoms with Crippen LogP contribution in [0.4, 0.5) is 13.2 Å². The van der Waals surface area contributed by atoms with E-state index < -0.39 is 42.1 Å². The molecule has 0 spiro atoms. The van der Waals surface area contributed by atoms with Gasteiger partial charge in [-0.1, -0.05) is 20.8 Å². The number of β-amino-alcohol motifs (C(OH)–C–C–N with tert-alkyl or cyclic N) is 1. The summed E-state index contributed by atoms with van der Waals surface area (Å²) in [5.74, 6) is -0.553. The number of nitrogens with two attached hydrogens (primary N) is 1. The molecule has 0 bridgehead atoms. The summed E-state index contributed by atoms with van der Waals surface area (Å²) in [6.45, 7) is 4.35. The van der Waals surface area contributed by atoms with Gasteiger partial charge in [0.15, 0.2) is 5.60 Å². The molecule has 3 N–H and O–H groups in total. The van der Waals surface area contributed by atoms with Gasteiger partial charge in [-0.2, -0.15) is 13.2 Å². The molecule has 0 aromatic carbocycles. The molecule has 1 unspecified atom stereocenters. The Bertz CT molecular complexity index is 344. The maximum atomic E-state index is 12.6. The smallest absolute Gasteiger partial charge is 0.379 e. The molecule has 8 heteroatoms. The molecule has 4 nitrogen and oxygen atoms in total. The molecule has 0 saturated carbocycles. The molecule has 0 aromatic heterocycles. The molecule has 0 aliphatic carbocycles. The van der Waals surface area contributed by atoms with Crippen molar-refractivity contribution in [2.24, 2.45) is 11.1 Å². The monoisotopic (exact) mass is 304 g/mol. The van der Waals surface area contributed by atoms with Crippen LogP contribution in [0.15, 0.2) is 0 Å². The molecule has 1 rings (SSSR count). The molecule has 2 atom stereocenters. The molecular weight excluding hydrogens is 285 g/mol. The van der Waals surface area contributed by atoms with Gasteiger partial charge in [0.2, 0.25) is 5.91 Å². The Hall–Kier alpha value is -0.530. The summed E-state index contributed by atoms with van der Waals surface area (Å²) >= 11 is 0. The van der Waals surface area contributed by atoms with Crippen molar-refractivity contribution >= 4 is 18.3 Å². The zero-order valence-electron chi connectivity index (χ0n) is 11.1. The molecule has 1 amide bonds. The van der Waals surface area contributed by atoms with E-state index in [1.807, 2.05) is 0 Å². The van der Waals surface area contributed by atoms with Crippen LogP contribution in [0.25, 0.3) is 0 Å². The number of rotatable bonds is 1. The van der Waals surface area contributed by atoms with Gasteiger partial charge in [-0.25, -0.2) is 0 Å². The molecule has 0 aromatic rings. The number of carbonyl (C=O) groups is 1. The second-order valence-corrected chi connectivity index (χ2v) is 5.88. The number of halogens is 4. The fourth-order valence-corrected chi connectivity index (χ4v) is 1.78. The van der Waals surface area contributed by atoms with Crippen LogP contribution in [-0.4, -0.2) is 46.8 Å². The van der Waals surface area contributed by atoms with E-state index in [9.17, 15) is 23.1 Å². The first-order valence-electron chi connectivity index (χ1n) is 5.72. The van der Waals surface area contributed by atoms with Crippen molar-refractivity contribution in [3.05, 3.63) is 0 Å². The second-order valence-electron chi connectivity index (χ2n) is 5.88. The zero-order chi connectivity index (χ0) is 14.4. The molecule has 1 fully saturated rings. The summed E-state index contributed by atoms with van der Waals surface area (Å²) in [6.07, 6.45) is -5.23. The molecule has 0 radical (unpaired) electrons. The molecule has 1 saturated heterocycles. The van der Waals surface area contributed by atoms with E-state index in [2.05, 4.69) is 0 Å². The number of aliphatic hydroxyl groups is 1. The average Bonchev–Trinajstić information content (AvgIpc) is 2.57. The number of hydrogen-bond donors (Lipinski definition) is 2. The average molecular weight is 305 g/mol. The Labute approximate surface area is 116 Å². The van der Waals surface area contributed by atoms with E-state index in [1.165, 1.54) is 0 Å². The van der Waals surface area contributed by atoms with Crippen LogP contribution in [0.3, 0.4) is 0 Å². The summed E-state index contributed by atoms with van der Waals surface area (Å²) < 4.78 is 37.8. The fourth-order valence-electron chi connectivity index (χ4n) is 1.78. The minimum atomic E-state index is -4.73. The van der Waals surface area contributed by atoms with Gasteiger partial charge >= 0.3 is 6.18 Å². The van der Waals surface area contributed by atoms with Crippen LogP contribution in [0.2, 0.25) is 0 Å². The highest BCUT2D eigenvalue weighted by atomic mass is 35.5. The van der Waals surface area contributed by atoms with Crippen molar-refractivity contribution < 1.29 is 23.1 Å². The predicted octanol–water partition coefficient (Wildman–Crippen LogP) is 1.31. The highest BCUT2D eigenvalue weighted by Gasteiger charge is 2.58.